The van der Waals surface area contributed by atoms with Crippen molar-refractivity contribution in [3.8, 4) is 0 Å². The van der Waals surface area contributed by atoms with E-state index in [9.17, 15) is 0 Å². The first-order valence-electron chi connectivity index (χ1n) is 5.66. The van der Waals surface area contributed by atoms with Gasteiger partial charge in [-0.05, 0) is 49.9 Å². The van der Waals surface area contributed by atoms with Gasteiger partial charge in [0.05, 0.1) is 6.54 Å². The molecule has 12 heavy (non-hydrogen) atoms. The maximum atomic E-state index is 4.22. The van der Waals surface area contributed by atoms with Crippen molar-refractivity contribution in [1.29, 1.82) is 0 Å². The van der Waals surface area contributed by atoms with E-state index >= 15 is 0 Å². The van der Waals surface area contributed by atoms with Crippen molar-refractivity contribution < 1.29 is 5.73 Å². The van der Waals surface area contributed by atoms with Gasteiger partial charge in [-0.3, -0.25) is 0 Å². The molecule has 3 N–H and O–H groups in total. The summed E-state index contributed by atoms with van der Waals surface area (Å²) in [5.74, 6) is 3.32. The monoisotopic (exact) mass is 166 g/mol. The molecule has 0 heterocycles. The predicted octanol–water partition coefficient (Wildman–Crippen LogP) is 1.44. The summed E-state index contributed by atoms with van der Waals surface area (Å²) in [4.78, 5) is 0. The zero-order valence-electron chi connectivity index (χ0n) is 7.89. The van der Waals surface area contributed by atoms with Crippen LogP contribution < -0.4 is 5.73 Å². The maximum absolute atomic E-state index is 4.22. The highest BCUT2D eigenvalue weighted by molar-refractivity contribution is 5.08. The lowest BCUT2D eigenvalue weighted by molar-refractivity contribution is -0.399. The van der Waals surface area contributed by atoms with Gasteiger partial charge in [0.2, 0.25) is 0 Å². The number of hydrogen-bond donors (Lipinski definition) is 1. The van der Waals surface area contributed by atoms with Crippen molar-refractivity contribution in [2.75, 3.05) is 6.54 Å². The molecular formula is C11H20N+. The molecule has 0 spiro atoms. The Morgan fingerprint density at radius 1 is 1.25 bits per heavy atom. The molecule has 3 saturated carbocycles. The molecule has 0 aromatic heterocycles. The Labute approximate surface area is 74.7 Å². The summed E-state index contributed by atoms with van der Waals surface area (Å²) in [5, 5.41) is 0. The molecule has 0 unspecified atom stereocenters. The molecule has 0 aliphatic heterocycles. The van der Waals surface area contributed by atoms with Crippen LogP contribution in [0, 0.1) is 23.2 Å². The Kier molecular flexibility index (Phi) is 1.39. The minimum Gasteiger partial charge on any atom is -0.357 e. The molecule has 0 aromatic rings. The van der Waals surface area contributed by atoms with Crippen molar-refractivity contribution >= 4 is 0 Å². The fraction of sp³-hybridized carbons (Fsp3) is 1.00. The molecule has 0 radical (unpaired) electrons. The fourth-order valence-corrected chi connectivity index (χ4v) is 4.75. The van der Waals surface area contributed by atoms with Crippen LogP contribution in [0.3, 0.4) is 0 Å². The zero-order valence-corrected chi connectivity index (χ0v) is 7.89. The molecule has 0 aromatic carbocycles. The lowest BCUT2D eigenvalue weighted by Gasteiger charge is -2.36. The molecule has 1 nitrogen and oxygen atoms in total. The van der Waals surface area contributed by atoms with E-state index in [1.807, 2.05) is 0 Å². The van der Waals surface area contributed by atoms with Crippen molar-refractivity contribution in [2.45, 2.75) is 38.5 Å². The molecule has 3 fully saturated rings. The predicted molar refractivity (Wildman–Crippen MR) is 48.4 cm³/mol. The second-order valence-corrected chi connectivity index (χ2v) is 5.25. The second-order valence-electron chi connectivity index (χ2n) is 5.25. The summed E-state index contributed by atoms with van der Waals surface area (Å²) in [7, 11) is 0. The molecule has 3 rings (SSSR count). The van der Waals surface area contributed by atoms with Crippen LogP contribution in [0.5, 0.6) is 0 Å². The number of fused-ring (bicyclic) bond motifs is 5. The lowest BCUT2D eigenvalue weighted by Crippen LogP contribution is -2.60. The van der Waals surface area contributed by atoms with Gasteiger partial charge >= 0.3 is 0 Å². The van der Waals surface area contributed by atoms with Crippen LogP contribution in [-0.4, -0.2) is 6.54 Å². The highest BCUT2D eigenvalue weighted by Crippen LogP contribution is 2.65. The van der Waals surface area contributed by atoms with Crippen LogP contribution in [0.2, 0.25) is 0 Å². The summed E-state index contributed by atoms with van der Waals surface area (Å²) in [5.41, 5.74) is 4.97. The molecule has 2 bridgehead atoms. The van der Waals surface area contributed by atoms with Gasteiger partial charge in [-0.1, -0.05) is 6.42 Å². The van der Waals surface area contributed by atoms with Gasteiger partial charge in [-0.15, -0.1) is 0 Å². The summed E-state index contributed by atoms with van der Waals surface area (Å²) in [6.45, 7) is 1.23. The largest absolute Gasteiger partial charge is 0.357 e. The Hall–Kier alpha value is -0.0400. The Balaban J connectivity index is 1.98. The molecule has 68 valence electrons. The minimum atomic E-state index is 0.753. The molecule has 3 aliphatic rings. The standard InChI is InChI=1S/C11H19N/c12-7-11-5-1-2-10(11)8-3-4-9(11)6-8/h8-10H,1-7,12H2/p+1/t8-,9-,10+,11+/m1/s1. The van der Waals surface area contributed by atoms with E-state index in [1.54, 1.807) is 12.8 Å². The molecule has 1 heteroatoms. The van der Waals surface area contributed by atoms with Crippen LogP contribution >= 0.6 is 0 Å². The second kappa shape index (κ2) is 2.25. The van der Waals surface area contributed by atoms with Crippen LogP contribution in [0.1, 0.15) is 38.5 Å². The molecule has 4 atom stereocenters. The third kappa shape index (κ3) is 0.654. The van der Waals surface area contributed by atoms with Crippen LogP contribution in [0.15, 0.2) is 0 Å². The first-order valence-corrected chi connectivity index (χ1v) is 5.66. The van der Waals surface area contributed by atoms with Gasteiger partial charge < -0.3 is 5.73 Å². The lowest BCUT2D eigenvalue weighted by atomic mass is 9.68. The highest BCUT2D eigenvalue weighted by atomic mass is 14.7. The summed E-state index contributed by atoms with van der Waals surface area (Å²) in [6, 6.07) is 0. The van der Waals surface area contributed by atoms with Gasteiger partial charge in [-0.2, -0.15) is 0 Å². The van der Waals surface area contributed by atoms with E-state index in [1.165, 1.54) is 32.2 Å². The van der Waals surface area contributed by atoms with Gasteiger partial charge in [0.1, 0.15) is 0 Å². The molecular weight excluding hydrogens is 146 g/mol. The van der Waals surface area contributed by atoms with E-state index in [2.05, 4.69) is 5.73 Å². The number of hydrogen-bond acceptors (Lipinski definition) is 0. The first-order chi connectivity index (χ1) is 5.87. The van der Waals surface area contributed by atoms with Crippen molar-refractivity contribution in [3.63, 3.8) is 0 Å². The normalized spacial score (nSPS) is 56.2. The highest BCUT2D eigenvalue weighted by Gasteiger charge is 2.59. The summed E-state index contributed by atoms with van der Waals surface area (Å²) < 4.78 is 0. The third-order valence-electron chi connectivity index (χ3n) is 5.22. The number of rotatable bonds is 1. The van der Waals surface area contributed by atoms with Gasteiger partial charge in [0.25, 0.3) is 0 Å². The third-order valence-corrected chi connectivity index (χ3v) is 5.22. The Morgan fingerprint density at radius 3 is 2.92 bits per heavy atom. The van der Waals surface area contributed by atoms with Crippen molar-refractivity contribution in [2.24, 2.45) is 23.2 Å². The molecule has 3 aliphatic carbocycles. The minimum absolute atomic E-state index is 0.753. The van der Waals surface area contributed by atoms with Crippen molar-refractivity contribution in [1.82, 2.24) is 0 Å². The molecule has 0 saturated heterocycles. The van der Waals surface area contributed by atoms with Crippen LogP contribution in [0.25, 0.3) is 0 Å². The maximum Gasteiger partial charge on any atom is 0.0802 e. The quantitative estimate of drug-likeness (QED) is 0.610. The van der Waals surface area contributed by atoms with Crippen LogP contribution in [-0.2, 0) is 0 Å². The SMILES string of the molecule is [NH3+]C[C@]12CCC[C@H]1[C@@H]1CC[C@@H]2C1. The number of quaternary nitrogens is 1. The van der Waals surface area contributed by atoms with Gasteiger partial charge in [0.15, 0.2) is 0 Å². The van der Waals surface area contributed by atoms with E-state index in [4.69, 9.17) is 0 Å². The van der Waals surface area contributed by atoms with Gasteiger partial charge in [0, 0.05) is 5.41 Å². The smallest absolute Gasteiger partial charge is 0.0802 e. The average Bonchev–Trinajstić information content (AvgIpc) is 2.76. The van der Waals surface area contributed by atoms with E-state index in [0.29, 0.717) is 0 Å². The molecule has 0 amide bonds. The Bertz CT molecular complexity index is 201. The average molecular weight is 166 g/mol. The van der Waals surface area contributed by atoms with Crippen molar-refractivity contribution in [3.05, 3.63) is 0 Å². The Morgan fingerprint density at radius 2 is 2.17 bits per heavy atom. The topological polar surface area (TPSA) is 27.6 Å². The van der Waals surface area contributed by atoms with Gasteiger partial charge in [-0.25, -0.2) is 0 Å². The zero-order chi connectivity index (χ0) is 8.18. The van der Waals surface area contributed by atoms with Crippen LogP contribution in [0.4, 0.5) is 0 Å². The first kappa shape index (κ1) is 7.37. The summed E-state index contributed by atoms with van der Waals surface area (Å²) in [6.07, 6.45) is 9.22. The van der Waals surface area contributed by atoms with E-state index < -0.39 is 0 Å². The fourth-order valence-electron chi connectivity index (χ4n) is 4.75. The summed E-state index contributed by atoms with van der Waals surface area (Å²) >= 11 is 0. The van der Waals surface area contributed by atoms with E-state index in [0.717, 1.165) is 23.2 Å². The van der Waals surface area contributed by atoms with E-state index in [-0.39, 0.29) is 0 Å².